The number of nitrogens with one attached hydrogen (secondary N) is 3. The molecular weight excluding hydrogens is 370 g/mol. The summed E-state index contributed by atoms with van der Waals surface area (Å²) >= 11 is 1.30. The van der Waals surface area contributed by atoms with Crippen LogP contribution in [0.2, 0.25) is 0 Å². The van der Waals surface area contributed by atoms with E-state index in [4.69, 9.17) is 4.74 Å². The van der Waals surface area contributed by atoms with Crippen LogP contribution in [0, 0.1) is 0 Å². The normalized spacial score (nSPS) is 12.7. The molecule has 1 aliphatic carbocycles. The number of carbonyl (C=O) groups excluding carboxylic acids is 4. The molecule has 0 radical (unpaired) electrons. The average molecular weight is 387 g/mol. The highest BCUT2D eigenvalue weighted by Crippen LogP contribution is 2.18. The number of anilines is 1. The van der Waals surface area contributed by atoms with Gasteiger partial charge < -0.3 is 15.4 Å². The summed E-state index contributed by atoms with van der Waals surface area (Å²) in [4.78, 5) is 47.7. The van der Waals surface area contributed by atoms with Crippen LogP contribution < -0.4 is 16.0 Å². The fraction of sp³-hybridized carbons (Fsp3) is 0.222. The van der Waals surface area contributed by atoms with E-state index in [-0.39, 0.29) is 17.5 Å². The zero-order chi connectivity index (χ0) is 19.2. The van der Waals surface area contributed by atoms with Crippen molar-refractivity contribution in [3.63, 3.8) is 0 Å². The number of benzene rings is 1. The van der Waals surface area contributed by atoms with Crippen molar-refractivity contribution in [2.24, 2.45) is 0 Å². The Balaban J connectivity index is 1.49. The van der Waals surface area contributed by atoms with Gasteiger partial charge in [0, 0.05) is 11.7 Å². The number of carbonyl (C=O) groups is 4. The number of esters is 1. The van der Waals surface area contributed by atoms with Gasteiger partial charge in [-0.25, -0.2) is 9.59 Å². The third-order valence-corrected chi connectivity index (χ3v) is 4.47. The van der Waals surface area contributed by atoms with Crippen LogP contribution in [-0.4, -0.2) is 36.5 Å². The van der Waals surface area contributed by atoms with Crippen molar-refractivity contribution in [1.29, 1.82) is 0 Å². The van der Waals surface area contributed by atoms with Crippen molar-refractivity contribution >= 4 is 40.8 Å². The minimum Gasteiger partial charge on any atom is -0.452 e. The fourth-order valence-electron chi connectivity index (χ4n) is 2.15. The van der Waals surface area contributed by atoms with Crippen LogP contribution in [0.3, 0.4) is 0 Å². The van der Waals surface area contributed by atoms with Gasteiger partial charge in [0.05, 0.1) is 10.4 Å². The molecule has 3 rings (SSSR count). The van der Waals surface area contributed by atoms with Gasteiger partial charge in [-0.1, -0.05) is 12.1 Å². The fourth-order valence-corrected chi connectivity index (χ4v) is 2.77. The standard InChI is InChI=1S/C18H17N3O5S/c22-15(21-18(25)20-12-6-7-12)10-26-17(24)11-3-1-4-13(9-11)19-16(23)14-5-2-8-27-14/h1-5,8-9,12H,6-7,10H2,(H,19,23)(H2,20,21,22,25). The van der Waals surface area contributed by atoms with Crippen LogP contribution in [0.4, 0.5) is 10.5 Å². The van der Waals surface area contributed by atoms with Crippen molar-refractivity contribution in [2.75, 3.05) is 11.9 Å². The molecule has 9 heteroatoms. The van der Waals surface area contributed by atoms with Crippen LogP contribution in [0.1, 0.15) is 32.9 Å². The summed E-state index contributed by atoms with van der Waals surface area (Å²) in [6.07, 6.45) is 1.80. The summed E-state index contributed by atoms with van der Waals surface area (Å²) in [5.41, 5.74) is 0.602. The highest BCUT2D eigenvalue weighted by Gasteiger charge is 2.24. The lowest BCUT2D eigenvalue weighted by Crippen LogP contribution is -2.42. The zero-order valence-corrected chi connectivity index (χ0v) is 15.0. The Morgan fingerprint density at radius 2 is 1.93 bits per heavy atom. The van der Waals surface area contributed by atoms with Gasteiger partial charge in [0.15, 0.2) is 6.61 Å². The van der Waals surface area contributed by atoms with Gasteiger partial charge in [0.1, 0.15) is 0 Å². The Kier molecular flexibility index (Phi) is 5.82. The lowest BCUT2D eigenvalue weighted by Gasteiger charge is -2.08. The second kappa shape index (κ2) is 8.45. The summed E-state index contributed by atoms with van der Waals surface area (Å²) in [5.74, 6) is -1.74. The summed E-state index contributed by atoms with van der Waals surface area (Å²) in [7, 11) is 0. The number of rotatable bonds is 6. The predicted molar refractivity (Wildman–Crippen MR) is 98.7 cm³/mol. The predicted octanol–water partition coefficient (Wildman–Crippen LogP) is 2.15. The molecule has 0 atom stereocenters. The molecule has 8 nitrogen and oxygen atoms in total. The highest BCUT2D eigenvalue weighted by molar-refractivity contribution is 7.12. The average Bonchev–Trinajstić information content (AvgIpc) is 3.27. The van der Waals surface area contributed by atoms with Crippen molar-refractivity contribution in [1.82, 2.24) is 10.6 Å². The molecule has 140 valence electrons. The van der Waals surface area contributed by atoms with Gasteiger partial charge in [0.25, 0.3) is 11.8 Å². The molecule has 1 aromatic heterocycles. The van der Waals surface area contributed by atoms with E-state index in [1.54, 1.807) is 29.6 Å². The maximum absolute atomic E-state index is 12.1. The summed E-state index contributed by atoms with van der Waals surface area (Å²) in [6, 6.07) is 9.15. The van der Waals surface area contributed by atoms with Crippen LogP contribution in [-0.2, 0) is 9.53 Å². The molecule has 1 fully saturated rings. The minimum absolute atomic E-state index is 0.118. The molecule has 1 aromatic carbocycles. The lowest BCUT2D eigenvalue weighted by molar-refractivity contribution is -0.123. The van der Waals surface area contributed by atoms with Gasteiger partial charge in [-0.15, -0.1) is 11.3 Å². The molecule has 2 aromatic rings. The summed E-state index contributed by atoms with van der Waals surface area (Å²) < 4.78 is 4.90. The minimum atomic E-state index is -0.736. The highest BCUT2D eigenvalue weighted by atomic mass is 32.1. The molecule has 0 saturated heterocycles. The monoisotopic (exact) mass is 387 g/mol. The molecule has 0 unspecified atom stereocenters. The van der Waals surface area contributed by atoms with Gasteiger partial charge >= 0.3 is 12.0 Å². The third-order valence-electron chi connectivity index (χ3n) is 3.60. The zero-order valence-electron chi connectivity index (χ0n) is 14.2. The SMILES string of the molecule is O=C(COC(=O)c1cccc(NC(=O)c2cccs2)c1)NC(=O)NC1CC1. The van der Waals surface area contributed by atoms with E-state index in [1.165, 1.54) is 23.5 Å². The third kappa shape index (κ3) is 5.65. The Labute approximate surface area is 158 Å². The number of hydrogen-bond donors (Lipinski definition) is 3. The van der Waals surface area contributed by atoms with E-state index in [1.807, 2.05) is 0 Å². The molecule has 1 saturated carbocycles. The van der Waals surface area contributed by atoms with Gasteiger partial charge in [-0.05, 0) is 42.5 Å². The van der Waals surface area contributed by atoms with E-state index in [0.29, 0.717) is 10.6 Å². The van der Waals surface area contributed by atoms with Gasteiger partial charge in [-0.2, -0.15) is 0 Å². The first-order valence-electron chi connectivity index (χ1n) is 8.23. The quantitative estimate of drug-likeness (QED) is 0.657. The van der Waals surface area contributed by atoms with Crippen molar-refractivity contribution in [3.05, 3.63) is 52.2 Å². The van der Waals surface area contributed by atoms with Gasteiger partial charge in [0.2, 0.25) is 0 Å². The Hall–Kier alpha value is -3.20. The van der Waals surface area contributed by atoms with Crippen molar-refractivity contribution in [3.8, 4) is 0 Å². The van der Waals surface area contributed by atoms with Crippen molar-refractivity contribution in [2.45, 2.75) is 18.9 Å². The van der Waals surface area contributed by atoms with E-state index in [9.17, 15) is 19.2 Å². The maximum Gasteiger partial charge on any atom is 0.338 e. The molecule has 4 amide bonds. The number of thiophene rings is 1. The first kappa shape index (κ1) is 18.6. The second-order valence-corrected chi connectivity index (χ2v) is 6.83. The molecule has 0 spiro atoms. The first-order chi connectivity index (χ1) is 13.0. The summed E-state index contributed by atoms with van der Waals surface area (Å²) in [6.45, 7) is -0.581. The van der Waals surface area contributed by atoms with Crippen LogP contribution in [0.5, 0.6) is 0 Å². The molecule has 0 bridgehead atoms. The number of urea groups is 1. The Morgan fingerprint density at radius 1 is 1.11 bits per heavy atom. The van der Waals surface area contributed by atoms with E-state index in [2.05, 4.69) is 16.0 Å². The molecule has 27 heavy (non-hydrogen) atoms. The number of imide groups is 1. The van der Waals surface area contributed by atoms with Crippen molar-refractivity contribution < 1.29 is 23.9 Å². The number of ether oxygens (including phenoxy) is 1. The van der Waals surface area contributed by atoms with Crippen LogP contribution in [0.25, 0.3) is 0 Å². The smallest absolute Gasteiger partial charge is 0.338 e. The second-order valence-electron chi connectivity index (χ2n) is 5.88. The van der Waals surface area contributed by atoms with Gasteiger partial charge in [-0.3, -0.25) is 14.9 Å². The Bertz CT molecular complexity index is 862. The van der Waals surface area contributed by atoms with E-state index >= 15 is 0 Å². The first-order valence-corrected chi connectivity index (χ1v) is 9.11. The van der Waals surface area contributed by atoms with E-state index in [0.717, 1.165) is 12.8 Å². The number of amides is 4. The molecule has 0 aliphatic heterocycles. The molecule has 3 N–H and O–H groups in total. The largest absolute Gasteiger partial charge is 0.452 e. The van der Waals surface area contributed by atoms with E-state index < -0.39 is 24.5 Å². The lowest BCUT2D eigenvalue weighted by atomic mass is 10.2. The van der Waals surface area contributed by atoms with Crippen LogP contribution >= 0.6 is 11.3 Å². The summed E-state index contributed by atoms with van der Waals surface area (Å²) in [5, 5.41) is 9.16. The molecule has 1 aliphatic rings. The Morgan fingerprint density at radius 3 is 2.63 bits per heavy atom. The number of hydrogen-bond acceptors (Lipinski definition) is 6. The molecular formula is C18H17N3O5S. The topological polar surface area (TPSA) is 114 Å². The molecule has 1 heterocycles. The van der Waals surface area contributed by atoms with Crippen LogP contribution in [0.15, 0.2) is 41.8 Å². The maximum atomic E-state index is 12.1.